The molecule has 0 saturated carbocycles. The lowest BCUT2D eigenvalue weighted by molar-refractivity contribution is -0.218. The Balaban J connectivity index is 1.93. The standard InChI is InChI=1S/C9H18N2O2/c1-2-3-4-5-13-11-6-8(7-11)9(10)12/h8H,2-7H2,1H3,(H2,10,12). The summed E-state index contributed by atoms with van der Waals surface area (Å²) in [5, 5.41) is 1.81. The van der Waals surface area contributed by atoms with Crippen molar-refractivity contribution >= 4 is 5.91 Å². The van der Waals surface area contributed by atoms with Gasteiger partial charge in [-0.05, 0) is 6.42 Å². The van der Waals surface area contributed by atoms with Crippen LogP contribution >= 0.6 is 0 Å². The van der Waals surface area contributed by atoms with Gasteiger partial charge >= 0.3 is 0 Å². The third-order valence-electron chi connectivity index (χ3n) is 2.27. The molecule has 4 heteroatoms. The molecular weight excluding hydrogens is 168 g/mol. The molecule has 2 N–H and O–H groups in total. The summed E-state index contributed by atoms with van der Waals surface area (Å²) in [7, 11) is 0. The highest BCUT2D eigenvalue weighted by Gasteiger charge is 2.31. The number of hydroxylamine groups is 2. The molecule has 0 spiro atoms. The third-order valence-corrected chi connectivity index (χ3v) is 2.27. The second kappa shape index (κ2) is 5.19. The van der Waals surface area contributed by atoms with Crippen molar-refractivity contribution in [3.8, 4) is 0 Å². The van der Waals surface area contributed by atoms with Crippen molar-refractivity contribution in [2.75, 3.05) is 19.7 Å². The van der Waals surface area contributed by atoms with E-state index in [1.54, 1.807) is 0 Å². The second-order valence-electron chi connectivity index (χ2n) is 3.49. The summed E-state index contributed by atoms with van der Waals surface area (Å²) in [6, 6.07) is 0. The van der Waals surface area contributed by atoms with Crippen LogP contribution in [0.1, 0.15) is 26.2 Å². The van der Waals surface area contributed by atoms with Crippen LogP contribution in [-0.2, 0) is 9.63 Å². The van der Waals surface area contributed by atoms with E-state index in [4.69, 9.17) is 10.6 Å². The first-order valence-electron chi connectivity index (χ1n) is 4.91. The van der Waals surface area contributed by atoms with Crippen molar-refractivity contribution < 1.29 is 9.63 Å². The Morgan fingerprint density at radius 1 is 1.54 bits per heavy atom. The highest BCUT2D eigenvalue weighted by atomic mass is 16.7. The molecule has 0 unspecified atom stereocenters. The number of amides is 1. The number of unbranched alkanes of at least 4 members (excludes halogenated alkanes) is 2. The van der Waals surface area contributed by atoms with E-state index in [1.165, 1.54) is 12.8 Å². The second-order valence-corrected chi connectivity index (χ2v) is 3.49. The molecule has 1 fully saturated rings. The normalized spacial score (nSPS) is 18.5. The van der Waals surface area contributed by atoms with Gasteiger partial charge in [-0.1, -0.05) is 19.8 Å². The average Bonchev–Trinajstić information content (AvgIpc) is 2.00. The van der Waals surface area contributed by atoms with Gasteiger partial charge in [-0.15, -0.1) is 0 Å². The molecule has 76 valence electrons. The zero-order valence-electron chi connectivity index (χ0n) is 8.16. The first-order valence-corrected chi connectivity index (χ1v) is 4.91. The van der Waals surface area contributed by atoms with Crippen LogP contribution in [0, 0.1) is 5.92 Å². The number of carbonyl (C=O) groups excluding carboxylic acids is 1. The monoisotopic (exact) mass is 186 g/mol. The number of hydrogen-bond donors (Lipinski definition) is 1. The number of nitrogens with zero attached hydrogens (tertiary/aromatic N) is 1. The fraction of sp³-hybridized carbons (Fsp3) is 0.889. The van der Waals surface area contributed by atoms with Crippen LogP contribution in [-0.4, -0.2) is 30.7 Å². The smallest absolute Gasteiger partial charge is 0.223 e. The molecule has 4 nitrogen and oxygen atoms in total. The van der Waals surface area contributed by atoms with E-state index < -0.39 is 0 Å². The first kappa shape index (κ1) is 10.5. The van der Waals surface area contributed by atoms with E-state index in [0.29, 0.717) is 13.1 Å². The Labute approximate surface area is 79.0 Å². The van der Waals surface area contributed by atoms with Crippen molar-refractivity contribution in [1.29, 1.82) is 0 Å². The molecule has 0 atom stereocenters. The van der Waals surface area contributed by atoms with Gasteiger partial charge in [0.25, 0.3) is 0 Å². The predicted molar refractivity (Wildman–Crippen MR) is 49.7 cm³/mol. The third kappa shape index (κ3) is 3.32. The van der Waals surface area contributed by atoms with E-state index in [2.05, 4.69) is 6.92 Å². The van der Waals surface area contributed by atoms with Crippen molar-refractivity contribution in [3.63, 3.8) is 0 Å². The minimum absolute atomic E-state index is 0.00572. The lowest BCUT2D eigenvalue weighted by Gasteiger charge is -2.35. The van der Waals surface area contributed by atoms with Crippen LogP contribution in [0.25, 0.3) is 0 Å². The minimum Gasteiger partial charge on any atom is -0.369 e. The molecule has 0 radical (unpaired) electrons. The molecule has 0 aromatic heterocycles. The minimum atomic E-state index is -0.214. The average molecular weight is 186 g/mol. The molecule has 1 rings (SSSR count). The topological polar surface area (TPSA) is 55.6 Å². The maximum atomic E-state index is 10.6. The molecule has 0 aromatic rings. The molecule has 13 heavy (non-hydrogen) atoms. The van der Waals surface area contributed by atoms with Crippen molar-refractivity contribution in [2.24, 2.45) is 11.7 Å². The summed E-state index contributed by atoms with van der Waals surface area (Å²) in [5.41, 5.74) is 5.12. The van der Waals surface area contributed by atoms with Crippen molar-refractivity contribution in [2.45, 2.75) is 26.2 Å². The van der Waals surface area contributed by atoms with E-state index in [-0.39, 0.29) is 11.8 Å². The van der Waals surface area contributed by atoms with Crippen LogP contribution in [0.4, 0.5) is 0 Å². The summed E-state index contributed by atoms with van der Waals surface area (Å²) in [5.74, 6) is -0.209. The lowest BCUT2D eigenvalue weighted by Crippen LogP contribution is -2.52. The SMILES string of the molecule is CCCCCON1CC(C(N)=O)C1. The number of nitrogens with two attached hydrogens (primary N) is 1. The van der Waals surface area contributed by atoms with Crippen LogP contribution in [0.3, 0.4) is 0 Å². The molecule has 0 bridgehead atoms. The van der Waals surface area contributed by atoms with Gasteiger partial charge < -0.3 is 5.73 Å². The summed E-state index contributed by atoms with van der Waals surface area (Å²) in [4.78, 5) is 16.0. The maximum Gasteiger partial charge on any atom is 0.223 e. The van der Waals surface area contributed by atoms with Gasteiger partial charge in [-0.3, -0.25) is 9.63 Å². The summed E-state index contributed by atoms with van der Waals surface area (Å²) in [6.07, 6.45) is 3.49. The highest BCUT2D eigenvalue weighted by Crippen LogP contribution is 2.15. The molecule has 0 aliphatic carbocycles. The number of hydrogen-bond acceptors (Lipinski definition) is 3. The predicted octanol–water partition coefficient (Wildman–Crippen LogP) is 0.525. The molecule has 1 aliphatic heterocycles. The zero-order valence-corrected chi connectivity index (χ0v) is 8.16. The van der Waals surface area contributed by atoms with Crippen molar-refractivity contribution in [3.05, 3.63) is 0 Å². The molecular formula is C9H18N2O2. The molecule has 1 heterocycles. The molecule has 1 aliphatic rings. The Hall–Kier alpha value is -0.610. The Kier molecular flexibility index (Phi) is 4.18. The van der Waals surface area contributed by atoms with Crippen LogP contribution in [0.2, 0.25) is 0 Å². The summed E-state index contributed by atoms with van der Waals surface area (Å²) >= 11 is 0. The molecule has 1 amide bonds. The van der Waals surface area contributed by atoms with Gasteiger partial charge in [0.2, 0.25) is 5.91 Å². The van der Waals surface area contributed by atoms with E-state index in [1.807, 2.05) is 5.06 Å². The van der Waals surface area contributed by atoms with Crippen LogP contribution in [0.5, 0.6) is 0 Å². The Bertz CT molecular complexity index is 167. The lowest BCUT2D eigenvalue weighted by atomic mass is 10.0. The Morgan fingerprint density at radius 3 is 2.77 bits per heavy atom. The molecule has 1 saturated heterocycles. The number of rotatable bonds is 6. The first-order chi connectivity index (χ1) is 6.24. The number of primary amides is 1. The van der Waals surface area contributed by atoms with E-state index in [0.717, 1.165) is 13.0 Å². The fourth-order valence-electron chi connectivity index (χ4n) is 1.27. The summed E-state index contributed by atoms with van der Waals surface area (Å²) < 4.78 is 0. The van der Waals surface area contributed by atoms with Gasteiger partial charge in [-0.2, -0.15) is 5.06 Å². The Morgan fingerprint density at radius 2 is 2.23 bits per heavy atom. The molecule has 0 aromatic carbocycles. The largest absolute Gasteiger partial charge is 0.369 e. The van der Waals surface area contributed by atoms with Gasteiger partial charge in [0.1, 0.15) is 0 Å². The zero-order chi connectivity index (χ0) is 9.68. The van der Waals surface area contributed by atoms with Crippen LogP contribution < -0.4 is 5.73 Å². The van der Waals surface area contributed by atoms with E-state index in [9.17, 15) is 4.79 Å². The van der Waals surface area contributed by atoms with Gasteiger partial charge in [0, 0.05) is 13.1 Å². The fourth-order valence-corrected chi connectivity index (χ4v) is 1.27. The highest BCUT2D eigenvalue weighted by molar-refractivity contribution is 5.77. The maximum absolute atomic E-state index is 10.6. The van der Waals surface area contributed by atoms with Crippen molar-refractivity contribution in [1.82, 2.24) is 5.06 Å². The van der Waals surface area contributed by atoms with E-state index >= 15 is 0 Å². The quantitative estimate of drug-likeness (QED) is 0.615. The number of carbonyl (C=O) groups is 1. The van der Waals surface area contributed by atoms with Gasteiger partial charge in [0.15, 0.2) is 0 Å². The van der Waals surface area contributed by atoms with Gasteiger partial charge in [0.05, 0.1) is 12.5 Å². The van der Waals surface area contributed by atoms with Crippen LogP contribution in [0.15, 0.2) is 0 Å². The van der Waals surface area contributed by atoms with Gasteiger partial charge in [-0.25, -0.2) is 0 Å². The summed E-state index contributed by atoms with van der Waals surface area (Å²) in [6.45, 7) is 4.26.